The molecule has 1 aliphatic rings. The Hall–Kier alpha value is -1.94. The Bertz CT molecular complexity index is 655. The summed E-state index contributed by atoms with van der Waals surface area (Å²) in [5.74, 6) is 0.906. The number of thioether (sulfide) groups is 1. The van der Waals surface area contributed by atoms with Crippen LogP contribution in [0.3, 0.4) is 0 Å². The van der Waals surface area contributed by atoms with Gasteiger partial charge in [-0.3, -0.25) is 4.99 Å². The highest BCUT2D eigenvalue weighted by Gasteiger charge is 2.21. The molecule has 1 aliphatic heterocycles. The van der Waals surface area contributed by atoms with Crippen LogP contribution in [0.4, 0.5) is 5.69 Å². The predicted octanol–water partition coefficient (Wildman–Crippen LogP) is 4.26. The third-order valence-electron chi connectivity index (χ3n) is 3.47. The standard InChI is InChI=1S/C17H18N2OS/c1-12-10-14(8-9-15(12)20-2)19-17-18-11-16(21-17)13-6-4-3-5-7-13/h3-10,16H,11H2,1-2H3,(H,18,19). The van der Waals surface area contributed by atoms with Gasteiger partial charge in [0.15, 0.2) is 5.17 Å². The quantitative estimate of drug-likeness (QED) is 0.919. The fourth-order valence-corrected chi connectivity index (χ4v) is 3.40. The molecule has 3 rings (SSSR count). The second-order valence-electron chi connectivity index (χ2n) is 4.97. The van der Waals surface area contributed by atoms with Gasteiger partial charge in [0.1, 0.15) is 5.75 Å². The van der Waals surface area contributed by atoms with Crippen LogP contribution in [-0.2, 0) is 0 Å². The number of rotatable bonds is 3. The monoisotopic (exact) mass is 298 g/mol. The molecule has 4 heteroatoms. The number of hydrogen-bond donors (Lipinski definition) is 1. The summed E-state index contributed by atoms with van der Waals surface area (Å²) in [6.45, 7) is 2.87. The highest BCUT2D eigenvalue weighted by atomic mass is 32.2. The van der Waals surface area contributed by atoms with Gasteiger partial charge < -0.3 is 10.1 Å². The van der Waals surface area contributed by atoms with E-state index in [0.717, 1.165) is 28.7 Å². The molecule has 3 nitrogen and oxygen atoms in total. The van der Waals surface area contributed by atoms with E-state index in [4.69, 9.17) is 4.74 Å². The van der Waals surface area contributed by atoms with Gasteiger partial charge >= 0.3 is 0 Å². The third-order valence-corrected chi connectivity index (χ3v) is 4.63. The first-order chi connectivity index (χ1) is 10.3. The largest absolute Gasteiger partial charge is 0.496 e. The van der Waals surface area contributed by atoms with Gasteiger partial charge in [0.05, 0.1) is 18.9 Å². The van der Waals surface area contributed by atoms with Gasteiger partial charge in [-0.1, -0.05) is 42.1 Å². The number of ether oxygens (including phenoxy) is 1. The van der Waals surface area contributed by atoms with Crippen LogP contribution < -0.4 is 10.1 Å². The first-order valence-corrected chi connectivity index (χ1v) is 7.82. The summed E-state index contributed by atoms with van der Waals surface area (Å²) in [6, 6.07) is 16.6. The number of methoxy groups -OCH3 is 1. The lowest BCUT2D eigenvalue weighted by Crippen LogP contribution is -2.05. The lowest BCUT2D eigenvalue weighted by molar-refractivity contribution is 0.412. The van der Waals surface area contributed by atoms with E-state index in [-0.39, 0.29) is 0 Å². The summed E-state index contributed by atoms with van der Waals surface area (Å²) in [5.41, 5.74) is 3.49. The van der Waals surface area contributed by atoms with Gasteiger partial charge in [-0.05, 0) is 36.2 Å². The summed E-state index contributed by atoms with van der Waals surface area (Å²) >= 11 is 1.78. The van der Waals surface area contributed by atoms with Gasteiger partial charge in [0.25, 0.3) is 0 Å². The Morgan fingerprint density at radius 1 is 1.19 bits per heavy atom. The van der Waals surface area contributed by atoms with Gasteiger partial charge in [-0.2, -0.15) is 0 Å². The minimum Gasteiger partial charge on any atom is -0.496 e. The summed E-state index contributed by atoms with van der Waals surface area (Å²) in [4.78, 5) is 4.60. The Balaban J connectivity index is 1.66. The maximum absolute atomic E-state index is 5.28. The molecule has 2 aromatic carbocycles. The molecule has 1 unspecified atom stereocenters. The van der Waals surface area contributed by atoms with E-state index in [0.29, 0.717) is 5.25 Å². The van der Waals surface area contributed by atoms with Gasteiger partial charge in [-0.15, -0.1) is 0 Å². The summed E-state index contributed by atoms with van der Waals surface area (Å²) in [7, 11) is 1.69. The topological polar surface area (TPSA) is 33.6 Å². The fraction of sp³-hybridized carbons (Fsp3) is 0.235. The SMILES string of the molecule is COc1ccc(NC2=NCC(c3ccccc3)S2)cc1C. The Labute approximate surface area is 129 Å². The molecule has 0 fully saturated rings. The second-order valence-corrected chi connectivity index (χ2v) is 6.16. The first kappa shape index (κ1) is 14.0. The van der Waals surface area contributed by atoms with E-state index in [1.807, 2.05) is 25.1 Å². The van der Waals surface area contributed by atoms with Crippen molar-refractivity contribution < 1.29 is 4.74 Å². The minimum absolute atomic E-state index is 0.410. The second kappa shape index (κ2) is 6.22. The zero-order valence-electron chi connectivity index (χ0n) is 12.2. The average Bonchev–Trinajstić information content (AvgIpc) is 2.97. The third kappa shape index (κ3) is 3.22. The Morgan fingerprint density at radius 3 is 2.71 bits per heavy atom. The molecule has 0 amide bonds. The lowest BCUT2D eigenvalue weighted by Gasteiger charge is -2.11. The zero-order chi connectivity index (χ0) is 14.7. The summed E-state index contributed by atoms with van der Waals surface area (Å²) in [5, 5.41) is 4.78. The van der Waals surface area contributed by atoms with Crippen molar-refractivity contribution in [2.75, 3.05) is 19.0 Å². The molecule has 0 saturated heterocycles. The van der Waals surface area contributed by atoms with Crippen LogP contribution in [-0.4, -0.2) is 18.8 Å². The first-order valence-electron chi connectivity index (χ1n) is 6.94. The molecule has 2 aromatic rings. The molecule has 1 heterocycles. The predicted molar refractivity (Wildman–Crippen MR) is 90.4 cm³/mol. The van der Waals surface area contributed by atoms with E-state index >= 15 is 0 Å². The molecule has 108 valence electrons. The molecule has 1 N–H and O–H groups in total. The number of hydrogen-bond acceptors (Lipinski definition) is 4. The number of anilines is 1. The number of nitrogens with one attached hydrogen (secondary N) is 1. The van der Waals surface area contributed by atoms with Crippen LogP contribution in [0.1, 0.15) is 16.4 Å². The molecule has 0 aliphatic carbocycles. The van der Waals surface area contributed by atoms with E-state index in [9.17, 15) is 0 Å². The highest BCUT2D eigenvalue weighted by Crippen LogP contribution is 2.35. The van der Waals surface area contributed by atoms with Crippen molar-refractivity contribution in [1.29, 1.82) is 0 Å². The van der Waals surface area contributed by atoms with Crippen LogP contribution in [0.5, 0.6) is 5.75 Å². The van der Waals surface area contributed by atoms with Gasteiger partial charge in [0.2, 0.25) is 0 Å². The number of nitrogens with zero attached hydrogens (tertiary/aromatic N) is 1. The Morgan fingerprint density at radius 2 is 2.00 bits per heavy atom. The van der Waals surface area contributed by atoms with E-state index in [2.05, 4.69) is 40.6 Å². The Kier molecular flexibility index (Phi) is 4.15. The van der Waals surface area contributed by atoms with Crippen molar-refractivity contribution in [3.05, 3.63) is 59.7 Å². The molecule has 0 saturated carbocycles. The summed E-state index contributed by atoms with van der Waals surface area (Å²) in [6.07, 6.45) is 0. The number of aryl methyl sites for hydroxylation is 1. The molecule has 21 heavy (non-hydrogen) atoms. The van der Waals surface area contributed by atoms with Crippen LogP contribution in [0.25, 0.3) is 0 Å². The van der Waals surface area contributed by atoms with Crippen LogP contribution in [0.2, 0.25) is 0 Å². The molecule has 1 atom stereocenters. The molecular weight excluding hydrogens is 280 g/mol. The van der Waals surface area contributed by atoms with Crippen molar-refractivity contribution >= 4 is 22.6 Å². The molecule has 0 aromatic heterocycles. The van der Waals surface area contributed by atoms with Gasteiger partial charge in [-0.25, -0.2) is 0 Å². The lowest BCUT2D eigenvalue weighted by atomic mass is 10.1. The van der Waals surface area contributed by atoms with Crippen molar-refractivity contribution in [2.45, 2.75) is 12.2 Å². The van der Waals surface area contributed by atoms with Crippen LogP contribution in [0.15, 0.2) is 53.5 Å². The smallest absolute Gasteiger partial charge is 0.161 e. The van der Waals surface area contributed by atoms with Gasteiger partial charge in [0, 0.05) is 5.69 Å². The zero-order valence-corrected chi connectivity index (χ0v) is 13.0. The summed E-state index contributed by atoms with van der Waals surface area (Å²) < 4.78 is 5.28. The fourth-order valence-electron chi connectivity index (χ4n) is 2.36. The molecule has 0 bridgehead atoms. The normalized spacial score (nSPS) is 17.4. The number of aliphatic imine (C=N–C) groups is 1. The van der Waals surface area contributed by atoms with Crippen molar-refractivity contribution in [3.8, 4) is 5.75 Å². The molecule has 0 radical (unpaired) electrons. The average molecular weight is 298 g/mol. The van der Waals surface area contributed by atoms with Crippen molar-refractivity contribution in [2.24, 2.45) is 4.99 Å². The maximum Gasteiger partial charge on any atom is 0.161 e. The van der Waals surface area contributed by atoms with E-state index in [1.54, 1.807) is 18.9 Å². The maximum atomic E-state index is 5.28. The number of amidine groups is 1. The highest BCUT2D eigenvalue weighted by molar-refractivity contribution is 8.14. The van der Waals surface area contributed by atoms with Crippen molar-refractivity contribution in [1.82, 2.24) is 0 Å². The molecular formula is C17H18N2OS. The van der Waals surface area contributed by atoms with Crippen LogP contribution >= 0.6 is 11.8 Å². The van der Waals surface area contributed by atoms with Crippen LogP contribution in [0, 0.1) is 6.92 Å². The van der Waals surface area contributed by atoms with E-state index < -0.39 is 0 Å². The van der Waals surface area contributed by atoms with E-state index in [1.165, 1.54) is 5.56 Å². The van der Waals surface area contributed by atoms with Crippen molar-refractivity contribution in [3.63, 3.8) is 0 Å². The molecule has 0 spiro atoms. The minimum atomic E-state index is 0.410. The number of benzene rings is 2.